The standard InChI is InChI=1S/C13H14ClFN4/c1-7-4-10(13(16)18-6-7)12(19-17)9-3-2-8(14)5-11(9)15/h2-6,12,19H,17H2,1H3,(H2,16,18). The third kappa shape index (κ3) is 2.84. The van der Waals surface area contributed by atoms with E-state index in [1.165, 1.54) is 6.07 Å². The monoisotopic (exact) mass is 280 g/mol. The predicted octanol–water partition coefficient (Wildman–Crippen LogP) is 2.32. The maximum atomic E-state index is 14.0. The molecule has 1 atom stereocenters. The number of nitrogens with zero attached hydrogens (tertiary/aromatic N) is 1. The summed E-state index contributed by atoms with van der Waals surface area (Å²) in [5.74, 6) is 5.39. The highest BCUT2D eigenvalue weighted by atomic mass is 35.5. The van der Waals surface area contributed by atoms with E-state index < -0.39 is 11.9 Å². The highest BCUT2D eigenvalue weighted by Crippen LogP contribution is 2.28. The minimum atomic E-state index is -0.579. The number of nitrogens with two attached hydrogens (primary N) is 2. The molecule has 2 rings (SSSR count). The summed E-state index contributed by atoms with van der Waals surface area (Å²) in [6, 6.07) is 5.65. The van der Waals surface area contributed by atoms with Gasteiger partial charge in [0.2, 0.25) is 0 Å². The smallest absolute Gasteiger partial charge is 0.129 e. The quantitative estimate of drug-likeness (QED) is 0.596. The van der Waals surface area contributed by atoms with Crippen molar-refractivity contribution < 1.29 is 4.39 Å². The lowest BCUT2D eigenvalue weighted by atomic mass is 9.98. The van der Waals surface area contributed by atoms with E-state index in [9.17, 15) is 4.39 Å². The number of hydrogen-bond acceptors (Lipinski definition) is 4. The average molecular weight is 281 g/mol. The molecule has 0 amide bonds. The number of rotatable bonds is 3. The van der Waals surface area contributed by atoms with Crippen molar-refractivity contribution in [3.8, 4) is 0 Å². The van der Waals surface area contributed by atoms with Crippen LogP contribution in [0.25, 0.3) is 0 Å². The first-order valence-electron chi connectivity index (χ1n) is 5.66. The maximum absolute atomic E-state index is 14.0. The zero-order valence-electron chi connectivity index (χ0n) is 10.3. The fraction of sp³-hybridized carbons (Fsp3) is 0.154. The Morgan fingerprint density at radius 1 is 1.32 bits per heavy atom. The van der Waals surface area contributed by atoms with E-state index in [4.69, 9.17) is 23.2 Å². The van der Waals surface area contributed by atoms with Crippen LogP contribution >= 0.6 is 11.6 Å². The van der Waals surface area contributed by atoms with Crippen molar-refractivity contribution in [3.63, 3.8) is 0 Å². The fourth-order valence-corrected chi connectivity index (χ4v) is 2.08. The minimum absolute atomic E-state index is 0.308. The molecular weight excluding hydrogens is 267 g/mol. The van der Waals surface area contributed by atoms with Crippen molar-refractivity contribution in [2.45, 2.75) is 13.0 Å². The molecule has 1 aromatic carbocycles. The Morgan fingerprint density at radius 2 is 2.05 bits per heavy atom. The molecule has 2 aromatic rings. The topological polar surface area (TPSA) is 77.0 Å². The molecule has 5 N–H and O–H groups in total. The van der Waals surface area contributed by atoms with E-state index in [-0.39, 0.29) is 0 Å². The number of nitrogen functional groups attached to an aromatic ring is 1. The molecule has 19 heavy (non-hydrogen) atoms. The SMILES string of the molecule is Cc1cnc(N)c(C(NN)c2ccc(Cl)cc2F)c1. The second-order valence-corrected chi connectivity index (χ2v) is 4.69. The van der Waals surface area contributed by atoms with Gasteiger partial charge in [0.1, 0.15) is 11.6 Å². The Hall–Kier alpha value is -1.69. The van der Waals surface area contributed by atoms with Crippen molar-refractivity contribution in [2.24, 2.45) is 5.84 Å². The van der Waals surface area contributed by atoms with Gasteiger partial charge in [-0.3, -0.25) is 5.84 Å². The molecule has 0 fully saturated rings. The van der Waals surface area contributed by atoms with Gasteiger partial charge in [0.15, 0.2) is 0 Å². The third-order valence-corrected chi connectivity index (χ3v) is 3.07. The number of aryl methyl sites for hydroxylation is 1. The van der Waals surface area contributed by atoms with E-state index in [0.717, 1.165) is 5.56 Å². The summed E-state index contributed by atoms with van der Waals surface area (Å²) in [5.41, 5.74) is 10.3. The lowest BCUT2D eigenvalue weighted by Gasteiger charge is -2.19. The van der Waals surface area contributed by atoms with Crippen molar-refractivity contribution in [3.05, 3.63) is 58.0 Å². The fourth-order valence-electron chi connectivity index (χ4n) is 1.92. The van der Waals surface area contributed by atoms with Crippen LogP contribution < -0.4 is 17.0 Å². The van der Waals surface area contributed by atoms with Gasteiger partial charge in [-0.15, -0.1) is 0 Å². The van der Waals surface area contributed by atoms with Gasteiger partial charge in [-0.25, -0.2) is 14.8 Å². The molecule has 0 bridgehead atoms. The highest BCUT2D eigenvalue weighted by Gasteiger charge is 2.19. The first-order chi connectivity index (χ1) is 9.02. The molecule has 0 aliphatic carbocycles. The first-order valence-corrected chi connectivity index (χ1v) is 6.04. The van der Waals surface area contributed by atoms with Crippen LogP contribution in [-0.4, -0.2) is 4.98 Å². The minimum Gasteiger partial charge on any atom is -0.383 e. The zero-order valence-corrected chi connectivity index (χ0v) is 11.1. The van der Waals surface area contributed by atoms with Crippen LogP contribution in [0.2, 0.25) is 5.02 Å². The van der Waals surface area contributed by atoms with Gasteiger partial charge in [0, 0.05) is 22.3 Å². The number of pyridine rings is 1. The predicted molar refractivity (Wildman–Crippen MR) is 74.0 cm³/mol. The molecule has 0 radical (unpaired) electrons. The van der Waals surface area contributed by atoms with E-state index >= 15 is 0 Å². The lowest BCUT2D eigenvalue weighted by molar-refractivity contribution is 0.560. The first kappa shape index (κ1) is 13.7. The van der Waals surface area contributed by atoms with Crippen molar-refractivity contribution in [1.82, 2.24) is 10.4 Å². The summed E-state index contributed by atoms with van der Waals surface area (Å²) in [6.07, 6.45) is 1.64. The Balaban J connectivity index is 2.52. The molecule has 4 nitrogen and oxygen atoms in total. The lowest BCUT2D eigenvalue weighted by Crippen LogP contribution is -2.30. The summed E-state index contributed by atoms with van der Waals surface area (Å²) in [5, 5.41) is 0.326. The van der Waals surface area contributed by atoms with Crippen LogP contribution in [0.1, 0.15) is 22.7 Å². The van der Waals surface area contributed by atoms with Gasteiger partial charge < -0.3 is 5.73 Å². The molecule has 0 aliphatic rings. The third-order valence-electron chi connectivity index (χ3n) is 2.84. The summed E-state index contributed by atoms with van der Waals surface area (Å²) in [4.78, 5) is 4.05. The Bertz CT molecular complexity index is 603. The molecule has 0 spiro atoms. The number of hydrogen-bond donors (Lipinski definition) is 3. The van der Waals surface area contributed by atoms with Gasteiger partial charge in [0.25, 0.3) is 0 Å². The maximum Gasteiger partial charge on any atom is 0.129 e. The van der Waals surface area contributed by atoms with Crippen molar-refractivity contribution in [1.29, 1.82) is 0 Å². The van der Waals surface area contributed by atoms with E-state index in [1.807, 2.05) is 13.0 Å². The van der Waals surface area contributed by atoms with Crippen LogP contribution in [-0.2, 0) is 0 Å². The molecule has 1 heterocycles. The molecule has 0 saturated heterocycles. The van der Waals surface area contributed by atoms with Crippen LogP contribution in [0.4, 0.5) is 10.2 Å². The van der Waals surface area contributed by atoms with E-state index in [1.54, 1.807) is 18.3 Å². The second kappa shape index (κ2) is 5.52. The summed E-state index contributed by atoms with van der Waals surface area (Å²) >= 11 is 5.74. The van der Waals surface area contributed by atoms with Crippen molar-refractivity contribution in [2.75, 3.05) is 5.73 Å². The number of benzene rings is 1. The molecule has 6 heteroatoms. The largest absolute Gasteiger partial charge is 0.383 e. The number of halogens is 2. The summed E-state index contributed by atoms with van der Waals surface area (Å²) < 4.78 is 14.0. The number of anilines is 1. The van der Waals surface area contributed by atoms with Crippen LogP contribution in [0, 0.1) is 12.7 Å². The molecular formula is C13H14ClFN4. The van der Waals surface area contributed by atoms with Gasteiger partial charge in [0.05, 0.1) is 6.04 Å². The van der Waals surface area contributed by atoms with Crippen LogP contribution in [0.15, 0.2) is 30.5 Å². The highest BCUT2D eigenvalue weighted by molar-refractivity contribution is 6.30. The number of nitrogens with one attached hydrogen (secondary N) is 1. The van der Waals surface area contributed by atoms with Crippen molar-refractivity contribution >= 4 is 17.4 Å². The summed E-state index contributed by atoms with van der Waals surface area (Å²) in [6.45, 7) is 1.88. The number of hydrazine groups is 1. The van der Waals surface area contributed by atoms with Gasteiger partial charge in [-0.05, 0) is 30.7 Å². The van der Waals surface area contributed by atoms with E-state index in [2.05, 4.69) is 10.4 Å². The number of aromatic nitrogens is 1. The van der Waals surface area contributed by atoms with E-state index in [0.29, 0.717) is 22.0 Å². The Morgan fingerprint density at radius 3 is 2.68 bits per heavy atom. The van der Waals surface area contributed by atoms with Gasteiger partial charge in [-0.1, -0.05) is 17.7 Å². The Labute approximate surface area is 115 Å². The molecule has 0 aliphatic heterocycles. The van der Waals surface area contributed by atoms with Crippen LogP contribution in [0.3, 0.4) is 0 Å². The van der Waals surface area contributed by atoms with Gasteiger partial charge >= 0.3 is 0 Å². The molecule has 1 unspecified atom stereocenters. The molecule has 100 valence electrons. The second-order valence-electron chi connectivity index (χ2n) is 4.25. The normalized spacial score (nSPS) is 12.4. The van der Waals surface area contributed by atoms with Gasteiger partial charge in [-0.2, -0.15) is 0 Å². The average Bonchev–Trinajstić information content (AvgIpc) is 2.36. The summed E-state index contributed by atoms with van der Waals surface area (Å²) in [7, 11) is 0. The Kier molecular flexibility index (Phi) is 3.99. The zero-order chi connectivity index (χ0) is 14.0. The molecule has 1 aromatic heterocycles. The molecule has 0 saturated carbocycles. The van der Waals surface area contributed by atoms with Crippen LogP contribution in [0.5, 0.6) is 0 Å².